The van der Waals surface area contributed by atoms with Gasteiger partial charge in [0.2, 0.25) is 0 Å². The van der Waals surface area contributed by atoms with E-state index in [0.717, 1.165) is 25.7 Å². The van der Waals surface area contributed by atoms with Crippen molar-refractivity contribution in [2.75, 3.05) is 6.61 Å². The van der Waals surface area contributed by atoms with Crippen LogP contribution in [0.15, 0.2) is 16.4 Å². The molecule has 1 saturated carbocycles. The van der Waals surface area contributed by atoms with Crippen molar-refractivity contribution in [3.05, 3.63) is 11.4 Å². The Morgan fingerprint density at radius 2 is 1.88 bits per heavy atom. The van der Waals surface area contributed by atoms with Crippen molar-refractivity contribution >= 4 is 6.21 Å². The number of alkyl halides is 2. The lowest BCUT2D eigenvalue weighted by Gasteiger charge is -2.24. The number of aliphatic hydroxyl groups is 1. The summed E-state index contributed by atoms with van der Waals surface area (Å²) in [5.74, 6) is 0.348. The second-order valence-electron chi connectivity index (χ2n) is 4.35. The Morgan fingerprint density at radius 1 is 1.29 bits per heavy atom. The minimum atomic E-state index is -2.74. The van der Waals surface area contributed by atoms with Crippen molar-refractivity contribution in [3.8, 4) is 0 Å². The van der Waals surface area contributed by atoms with E-state index in [1.54, 1.807) is 0 Å². The van der Waals surface area contributed by atoms with Crippen molar-refractivity contribution < 1.29 is 13.9 Å². The highest BCUT2D eigenvalue weighted by atomic mass is 19.3. The first-order valence-electron chi connectivity index (χ1n) is 5.72. The van der Waals surface area contributed by atoms with Crippen LogP contribution in [0.3, 0.4) is 0 Å². The molecule has 0 bridgehead atoms. The number of rotatable bonds is 4. The van der Waals surface area contributed by atoms with E-state index in [1.165, 1.54) is 6.21 Å². The summed E-state index contributed by atoms with van der Waals surface area (Å²) < 4.78 is 24.4. The second kappa shape index (κ2) is 6.54. The van der Waals surface area contributed by atoms with Gasteiger partial charge in [-0.25, -0.2) is 8.78 Å². The molecule has 17 heavy (non-hydrogen) atoms. The quantitative estimate of drug-likeness (QED) is 0.648. The highest BCUT2D eigenvalue weighted by Gasteiger charge is 2.19. The van der Waals surface area contributed by atoms with Gasteiger partial charge in [-0.1, -0.05) is 0 Å². The van der Waals surface area contributed by atoms with E-state index in [0.29, 0.717) is 5.92 Å². The maximum absolute atomic E-state index is 12.2. The maximum Gasteiger partial charge on any atom is 0.279 e. The zero-order chi connectivity index (χ0) is 12.8. The number of aliphatic imine (C=N–C) groups is 1. The zero-order valence-electron chi connectivity index (χ0n) is 9.65. The molecule has 0 aliphatic heterocycles. The predicted octanol–water partition coefficient (Wildman–Crippen LogP) is 1.00. The fraction of sp³-hybridized carbons (Fsp3) is 0.727. The normalized spacial score (nSPS) is 27.5. The highest BCUT2D eigenvalue weighted by molar-refractivity contribution is 5.78. The van der Waals surface area contributed by atoms with E-state index in [1.807, 2.05) is 0 Å². The highest BCUT2D eigenvalue weighted by Crippen LogP contribution is 2.25. The van der Waals surface area contributed by atoms with Gasteiger partial charge in [0.15, 0.2) is 0 Å². The summed E-state index contributed by atoms with van der Waals surface area (Å²) in [5.41, 5.74) is 9.68. The van der Waals surface area contributed by atoms with Gasteiger partial charge in [0, 0.05) is 12.8 Å². The topological polar surface area (TPSA) is 84.6 Å². The lowest BCUT2D eigenvalue weighted by Crippen LogP contribution is -2.21. The number of hydrogen-bond donors (Lipinski definition) is 3. The molecule has 0 amide bonds. The number of nitrogens with zero attached hydrogens (tertiary/aromatic N) is 1. The predicted molar refractivity (Wildman–Crippen MR) is 62.7 cm³/mol. The summed E-state index contributed by atoms with van der Waals surface area (Å²) in [5, 5.41) is 8.96. The molecule has 5 N–H and O–H groups in total. The molecule has 0 aromatic rings. The molecule has 0 saturated heterocycles. The Balaban J connectivity index is 2.47. The molecule has 0 spiro atoms. The molecule has 0 aromatic carbocycles. The minimum absolute atomic E-state index is 0.0989. The van der Waals surface area contributed by atoms with Crippen LogP contribution in [-0.4, -0.2) is 30.4 Å². The van der Waals surface area contributed by atoms with E-state index in [9.17, 15) is 8.78 Å². The van der Waals surface area contributed by atoms with Crippen LogP contribution in [0.1, 0.15) is 25.7 Å². The van der Waals surface area contributed by atoms with Crippen LogP contribution >= 0.6 is 0 Å². The maximum atomic E-state index is 12.2. The van der Waals surface area contributed by atoms with Gasteiger partial charge in [-0.2, -0.15) is 0 Å². The number of halogens is 2. The Kier molecular flexibility index (Phi) is 5.34. The Hall–Kier alpha value is -1.17. The Morgan fingerprint density at radius 3 is 2.35 bits per heavy atom. The van der Waals surface area contributed by atoms with Gasteiger partial charge in [-0.3, -0.25) is 4.99 Å². The molecule has 1 aliphatic carbocycles. The van der Waals surface area contributed by atoms with Crippen LogP contribution in [-0.2, 0) is 0 Å². The third-order valence-electron chi connectivity index (χ3n) is 3.07. The van der Waals surface area contributed by atoms with Crippen molar-refractivity contribution in [1.82, 2.24) is 0 Å². The number of nitrogens with two attached hydrogens (primary N) is 2. The van der Waals surface area contributed by atoms with Gasteiger partial charge in [0.25, 0.3) is 6.43 Å². The first kappa shape index (κ1) is 13.9. The molecule has 4 nitrogen and oxygen atoms in total. The average Bonchev–Trinajstić information content (AvgIpc) is 2.35. The van der Waals surface area contributed by atoms with Gasteiger partial charge in [0.05, 0.1) is 17.4 Å². The SMILES string of the molecule is NC(C=NC1CCC(CO)CC1)=C(N)C(F)F. The van der Waals surface area contributed by atoms with Gasteiger partial charge in [-0.15, -0.1) is 0 Å². The fourth-order valence-corrected chi connectivity index (χ4v) is 1.86. The van der Waals surface area contributed by atoms with Gasteiger partial charge < -0.3 is 16.6 Å². The minimum Gasteiger partial charge on any atom is -0.396 e. The van der Waals surface area contributed by atoms with Crippen molar-refractivity contribution in [2.45, 2.75) is 38.2 Å². The van der Waals surface area contributed by atoms with Crippen LogP contribution in [0.5, 0.6) is 0 Å². The molecule has 0 heterocycles. The Labute approximate surface area is 99.4 Å². The molecule has 1 rings (SSSR count). The van der Waals surface area contributed by atoms with Crippen molar-refractivity contribution in [3.63, 3.8) is 0 Å². The number of allylic oxidation sites excluding steroid dienone is 2. The third-order valence-corrected chi connectivity index (χ3v) is 3.07. The first-order valence-corrected chi connectivity index (χ1v) is 5.72. The molecule has 0 atom stereocenters. The van der Waals surface area contributed by atoms with Crippen LogP contribution < -0.4 is 11.5 Å². The van der Waals surface area contributed by atoms with Gasteiger partial charge in [0.1, 0.15) is 0 Å². The van der Waals surface area contributed by atoms with E-state index in [4.69, 9.17) is 16.6 Å². The third kappa shape index (κ3) is 4.30. The fourth-order valence-electron chi connectivity index (χ4n) is 1.86. The molecule has 1 aliphatic rings. The van der Waals surface area contributed by atoms with E-state index in [2.05, 4.69) is 4.99 Å². The molecular formula is C11H19F2N3O. The molecule has 0 unspecified atom stereocenters. The van der Waals surface area contributed by atoms with Crippen LogP contribution in [0, 0.1) is 5.92 Å². The van der Waals surface area contributed by atoms with Crippen LogP contribution in [0.4, 0.5) is 8.78 Å². The van der Waals surface area contributed by atoms with Crippen molar-refractivity contribution in [1.29, 1.82) is 0 Å². The summed E-state index contributed by atoms with van der Waals surface area (Å²) in [6, 6.07) is 0.0989. The van der Waals surface area contributed by atoms with Crippen LogP contribution in [0.25, 0.3) is 0 Å². The summed E-state index contributed by atoms with van der Waals surface area (Å²) >= 11 is 0. The molecule has 0 radical (unpaired) electrons. The van der Waals surface area contributed by atoms with E-state index in [-0.39, 0.29) is 18.3 Å². The van der Waals surface area contributed by atoms with Crippen molar-refractivity contribution in [2.24, 2.45) is 22.4 Å². The van der Waals surface area contributed by atoms with E-state index < -0.39 is 12.1 Å². The Bertz CT molecular complexity index is 297. The summed E-state index contributed by atoms with van der Waals surface area (Å²) in [7, 11) is 0. The molecule has 0 aromatic heterocycles. The van der Waals surface area contributed by atoms with Gasteiger partial charge >= 0.3 is 0 Å². The average molecular weight is 247 g/mol. The lowest BCUT2D eigenvalue weighted by molar-refractivity contribution is 0.183. The monoisotopic (exact) mass is 247 g/mol. The second-order valence-corrected chi connectivity index (χ2v) is 4.35. The lowest BCUT2D eigenvalue weighted by atomic mass is 9.87. The number of hydrogen-bond acceptors (Lipinski definition) is 4. The smallest absolute Gasteiger partial charge is 0.279 e. The molecule has 98 valence electrons. The standard InChI is InChI=1S/C11H19F2N3O/c12-11(13)10(15)9(14)5-16-8-3-1-7(6-17)2-4-8/h5,7-8,11,17H,1-4,6,14-15H2. The number of aliphatic hydroxyl groups excluding tert-OH is 1. The first-order chi connectivity index (χ1) is 8.04. The molecular weight excluding hydrogens is 228 g/mol. The van der Waals surface area contributed by atoms with Crippen LogP contribution in [0.2, 0.25) is 0 Å². The largest absolute Gasteiger partial charge is 0.396 e. The molecule has 6 heteroatoms. The summed E-state index contributed by atoms with van der Waals surface area (Å²) in [4.78, 5) is 4.15. The van der Waals surface area contributed by atoms with Gasteiger partial charge in [-0.05, 0) is 31.6 Å². The summed E-state index contributed by atoms with van der Waals surface area (Å²) in [6.07, 6.45) is 2.00. The van der Waals surface area contributed by atoms with E-state index >= 15 is 0 Å². The zero-order valence-corrected chi connectivity index (χ0v) is 9.65. The summed E-state index contributed by atoms with van der Waals surface area (Å²) in [6.45, 7) is 0.205. The molecule has 1 fully saturated rings.